The van der Waals surface area contributed by atoms with Gasteiger partial charge in [-0.15, -0.1) is 0 Å². The number of sulfonamides is 1. The van der Waals surface area contributed by atoms with Crippen molar-refractivity contribution in [2.24, 2.45) is 0 Å². The van der Waals surface area contributed by atoms with Crippen molar-refractivity contribution >= 4 is 15.9 Å². The molecule has 3 rings (SSSR count). The van der Waals surface area contributed by atoms with Crippen LogP contribution in [0.1, 0.15) is 25.0 Å². The molecule has 2 heterocycles. The number of amides is 1. The van der Waals surface area contributed by atoms with Crippen molar-refractivity contribution < 1.29 is 13.2 Å². The monoisotopic (exact) mass is 403 g/mol. The van der Waals surface area contributed by atoms with Gasteiger partial charge in [0.1, 0.15) is 6.54 Å². The molecule has 1 aliphatic rings. The minimum absolute atomic E-state index is 0.0209. The molecule has 0 saturated carbocycles. The van der Waals surface area contributed by atoms with Crippen molar-refractivity contribution in [3.05, 3.63) is 64.1 Å². The number of rotatable bonds is 6. The number of fused-ring (bicyclic) bond motifs is 1. The number of benzene rings is 1. The maximum atomic E-state index is 12.7. The highest BCUT2D eigenvalue weighted by atomic mass is 32.2. The Kier molecular flexibility index (Phi) is 6.00. The summed E-state index contributed by atoms with van der Waals surface area (Å²) in [6, 6.07) is 10.5. The van der Waals surface area contributed by atoms with Gasteiger partial charge in [-0.05, 0) is 23.6 Å². The quantitative estimate of drug-likeness (QED) is 0.732. The molecule has 0 atom stereocenters. The van der Waals surface area contributed by atoms with Crippen LogP contribution in [-0.2, 0) is 34.3 Å². The Morgan fingerprint density at radius 3 is 2.43 bits per heavy atom. The number of hydrogen-bond donors (Lipinski definition) is 0. The molecule has 0 N–H and O–H groups in total. The SMILES string of the molecule is CCN(CC)S(=O)(=O)c1ccc(=O)n(CC(=O)N2CCc3ccccc3C2)c1. The summed E-state index contributed by atoms with van der Waals surface area (Å²) in [5.74, 6) is -0.200. The summed E-state index contributed by atoms with van der Waals surface area (Å²) in [6.07, 6.45) is 2.04. The molecule has 1 aliphatic heterocycles. The van der Waals surface area contributed by atoms with E-state index in [9.17, 15) is 18.0 Å². The summed E-state index contributed by atoms with van der Waals surface area (Å²) in [5, 5.41) is 0. The van der Waals surface area contributed by atoms with Crippen molar-refractivity contribution in [2.75, 3.05) is 19.6 Å². The third-order valence-corrected chi connectivity index (χ3v) is 7.12. The number of aromatic nitrogens is 1. The largest absolute Gasteiger partial charge is 0.336 e. The molecule has 0 spiro atoms. The molecule has 1 aromatic heterocycles. The zero-order valence-corrected chi connectivity index (χ0v) is 17.0. The van der Waals surface area contributed by atoms with E-state index in [-0.39, 0.29) is 17.3 Å². The topological polar surface area (TPSA) is 79.7 Å². The summed E-state index contributed by atoms with van der Waals surface area (Å²) in [4.78, 5) is 26.7. The van der Waals surface area contributed by atoms with E-state index < -0.39 is 15.6 Å². The fourth-order valence-electron chi connectivity index (χ4n) is 3.45. The van der Waals surface area contributed by atoms with Crippen LogP contribution in [0.15, 0.2) is 52.3 Å². The van der Waals surface area contributed by atoms with Crippen LogP contribution in [0, 0.1) is 0 Å². The van der Waals surface area contributed by atoms with Gasteiger partial charge >= 0.3 is 0 Å². The number of carbonyl (C=O) groups is 1. The Labute approximate surface area is 165 Å². The Bertz CT molecular complexity index is 1030. The van der Waals surface area contributed by atoms with E-state index in [1.807, 2.05) is 18.2 Å². The summed E-state index contributed by atoms with van der Waals surface area (Å²) < 4.78 is 27.9. The fraction of sp³-hybridized carbons (Fsp3) is 0.400. The van der Waals surface area contributed by atoms with Crippen LogP contribution in [0.5, 0.6) is 0 Å². The smallest absolute Gasteiger partial charge is 0.251 e. The van der Waals surface area contributed by atoms with E-state index in [0.29, 0.717) is 26.2 Å². The zero-order valence-electron chi connectivity index (χ0n) is 16.2. The second kappa shape index (κ2) is 8.28. The van der Waals surface area contributed by atoms with Crippen LogP contribution < -0.4 is 5.56 Å². The first kappa shape index (κ1) is 20.3. The predicted molar refractivity (Wildman–Crippen MR) is 106 cm³/mol. The first-order valence-electron chi connectivity index (χ1n) is 9.42. The molecule has 7 nitrogen and oxygen atoms in total. The minimum atomic E-state index is -3.69. The highest BCUT2D eigenvalue weighted by Crippen LogP contribution is 2.19. The van der Waals surface area contributed by atoms with Gasteiger partial charge in [0.15, 0.2) is 0 Å². The molecule has 150 valence electrons. The van der Waals surface area contributed by atoms with E-state index in [0.717, 1.165) is 12.0 Å². The van der Waals surface area contributed by atoms with Gasteiger partial charge in [0.05, 0.1) is 4.90 Å². The average molecular weight is 404 g/mol. The molecule has 2 aromatic rings. The van der Waals surface area contributed by atoms with Gasteiger partial charge in [-0.1, -0.05) is 38.1 Å². The van der Waals surface area contributed by atoms with Gasteiger partial charge in [0, 0.05) is 38.4 Å². The maximum absolute atomic E-state index is 12.7. The van der Waals surface area contributed by atoms with Crippen LogP contribution >= 0.6 is 0 Å². The maximum Gasteiger partial charge on any atom is 0.251 e. The first-order valence-corrected chi connectivity index (χ1v) is 10.9. The number of nitrogens with zero attached hydrogens (tertiary/aromatic N) is 3. The van der Waals surface area contributed by atoms with E-state index >= 15 is 0 Å². The predicted octanol–water partition coefficient (Wildman–Crippen LogP) is 1.46. The van der Waals surface area contributed by atoms with Crippen molar-refractivity contribution in [2.45, 2.75) is 38.3 Å². The Morgan fingerprint density at radius 2 is 1.75 bits per heavy atom. The molecule has 8 heteroatoms. The molecule has 28 heavy (non-hydrogen) atoms. The van der Waals surface area contributed by atoms with E-state index in [1.165, 1.54) is 32.8 Å². The highest BCUT2D eigenvalue weighted by molar-refractivity contribution is 7.89. The summed E-state index contributed by atoms with van der Waals surface area (Å²) in [7, 11) is -3.69. The van der Waals surface area contributed by atoms with Crippen LogP contribution in [0.2, 0.25) is 0 Å². The summed E-state index contributed by atoms with van der Waals surface area (Å²) in [6.45, 7) is 5.10. The minimum Gasteiger partial charge on any atom is -0.336 e. The highest BCUT2D eigenvalue weighted by Gasteiger charge is 2.24. The normalized spacial score (nSPS) is 14.2. The van der Waals surface area contributed by atoms with Crippen molar-refractivity contribution in [3.63, 3.8) is 0 Å². The Balaban J connectivity index is 1.81. The molecular formula is C20H25N3O4S. The van der Waals surface area contributed by atoms with Gasteiger partial charge in [-0.2, -0.15) is 4.31 Å². The molecule has 1 amide bonds. The number of carbonyl (C=O) groups excluding carboxylic acids is 1. The second-order valence-corrected chi connectivity index (χ2v) is 8.69. The molecule has 0 bridgehead atoms. The van der Waals surface area contributed by atoms with Crippen LogP contribution in [0.25, 0.3) is 0 Å². The molecule has 0 saturated heterocycles. The lowest BCUT2D eigenvalue weighted by Gasteiger charge is -2.29. The second-order valence-electron chi connectivity index (χ2n) is 6.75. The third kappa shape index (κ3) is 4.02. The molecule has 0 radical (unpaired) electrons. The number of pyridine rings is 1. The van der Waals surface area contributed by atoms with Gasteiger partial charge in [-0.3, -0.25) is 9.59 Å². The molecule has 0 unspecified atom stereocenters. The average Bonchev–Trinajstić information content (AvgIpc) is 2.69. The summed E-state index contributed by atoms with van der Waals surface area (Å²) in [5.41, 5.74) is 1.94. The van der Waals surface area contributed by atoms with Gasteiger partial charge in [0.25, 0.3) is 5.56 Å². The lowest BCUT2D eigenvalue weighted by molar-refractivity contribution is -0.132. The van der Waals surface area contributed by atoms with Crippen molar-refractivity contribution in [1.29, 1.82) is 0 Å². The third-order valence-electron chi connectivity index (χ3n) is 5.09. The lowest BCUT2D eigenvalue weighted by Crippen LogP contribution is -2.39. The van der Waals surface area contributed by atoms with E-state index in [1.54, 1.807) is 18.7 Å². The lowest BCUT2D eigenvalue weighted by atomic mass is 10.00. The van der Waals surface area contributed by atoms with Crippen LogP contribution in [0.3, 0.4) is 0 Å². The van der Waals surface area contributed by atoms with Crippen LogP contribution in [-0.4, -0.2) is 47.7 Å². The van der Waals surface area contributed by atoms with Crippen molar-refractivity contribution in [3.8, 4) is 0 Å². The molecule has 1 aromatic carbocycles. The standard InChI is InChI=1S/C20H25N3O4S/c1-3-23(4-2)28(26,27)18-9-10-19(24)22(14-18)15-20(25)21-12-11-16-7-5-6-8-17(16)13-21/h5-10,14H,3-4,11-13,15H2,1-2H3. The van der Waals surface area contributed by atoms with Gasteiger partial charge in [-0.25, -0.2) is 8.42 Å². The van der Waals surface area contributed by atoms with Gasteiger partial charge in [0.2, 0.25) is 15.9 Å². The van der Waals surface area contributed by atoms with Crippen molar-refractivity contribution in [1.82, 2.24) is 13.8 Å². The van der Waals surface area contributed by atoms with Gasteiger partial charge < -0.3 is 9.47 Å². The van der Waals surface area contributed by atoms with E-state index in [4.69, 9.17) is 0 Å². The molecule has 0 aliphatic carbocycles. The summed E-state index contributed by atoms with van der Waals surface area (Å²) >= 11 is 0. The number of hydrogen-bond acceptors (Lipinski definition) is 4. The fourth-order valence-corrected chi connectivity index (χ4v) is 4.93. The van der Waals surface area contributed by atoms with Crippen LogP contribution in [0.4, 0.5) is 0 Å². The Hall–Kier alpha value is -2.45. The molecular weight excluding hydrogens is 378 g/mol. The zero-order chi connectivity index (χ0) is 20.3. The van der Waals surface area contributed by atoms with E-state index in [2.05, 4.69) is 6.07 Å². The Morgan fingerprint density at radius 1 is 1.07 bits per heavy atom. The molecule has 0 fully saturated rings. The first-order chi connectivity index (χ1) is 13.4.